The van der Waals surface area contributed by atoms with Crippen LogP contribution in [0.3, 0.4) is 0 Å². The van der Waals surface area contributed by atoms with E-state index in [9.17, 15) is 4.79 Å². The van der Waals surface area contributed by atoms with Gasteiger partial charge < -0.3 is 10.1 Å². The van der Waals surface area contributed by atoms with Gasteiger partial charge in [-0.05, 0) is 43.2 Å². The van der Waals surface area contributed by atoms with Crippen LogP contribution in [0.2, 0.25) is 0 Å². The zero-order valence-electron chi connectivity index (χ0n) is 16.3. The quantitative estimate of drug-likeness (QED) is 0.552. The Morgan fingerprint density at radius 3 is 2.25 bits per heavy atom. The Morgan fingerprint density at radius 1 is 0.929 bits per heavy atom. The molecule has 5 nitrogen and oxygen atoms in total. The fourth-order valence-electron chi connectivity index (χ4n) is 2.72. The maximum absolute atomic E-state index is 12.1. The van der Waals surface area contributed by atoms with Crippen LogP contribution in [0.15, 0.2) is 60.9 Å². The highest BCUT2D eigenvalue weighted by Crippen LogP contribution is 2.22. The molecule has 1 aromatic heterocycles. The first-order valence-electron chi connectivity index (χ1n) is 9.61. The van der Waals surface area contributed by atoms with Crippen LogP contribution in [-0.2, 0) is 0 Å². The van der Waals surface area contributed by atoms with Crippen molar-refractivity contribution >= 4 is 5.91 Å². The minimum absolute atomic E-state index is 0.0682. The number of amides is 1. The van der Waals surface area contributed by atoms with Crippen LogP contribution < -0.4 is 10.1 Å². The Labute approximate surface area is 165 Å². The Hall–Kier alpha value is -3.21. The number of hydrogen-bond acceptors (Lipinski definition) is 4. The highest BCUT2D eigenvalue weighted by Gasteiger charge is 2.07. The second-order valence-corrected chi connectivity index (χ2v) is 6.71. The van der Waals surface area contributed by atoms with E-state index in [0.717, 1.165) is 30.4 Å². The topological polar surface area (TPSA) is 64.1 Å². The number of aromatic nitrogens is 2. The van der Waals surface area contributed by atoms with Crippen molar-refractivity contribution in [3.05, 3.63) is 72.1 Å². The maximum Gasteiger partial charge on any atom is 0.321 e. The summed E-state index contributed by atoms with van der Waals surface area (Å²) in [5, 5.41) is 2.92. The molecule has 0 aliphatic rings. The number of hydrogen-bond donors (Lipinski definition) is 1. The number of aryl methyl sites for hydroxylation is 1. The number of ether oxygens (including phenoxy) is 1. The predicted molar refractivity (Wildman–Crippen MR) is 111 cm³/mol. The van der Waals surface area contributed by atoms with Crippen molar-refractivity contribution < 1.29 is 9.53 Å². The van der Waals surface area contributed by atoms with Gasteiger partial charge in [-0.3, -0.25) is 4.79 Å². The highest BCUT2D eigenvalue weighted by molar-refractivity contribution is 5.94. The van der Waals surface area contributed by atoms with E-state index in [1.165, 1.54) is 5.56 Å². The monoisotopic (exact) mass is 375 g/mol. The number of rotatable bonds is 8. The van der Waals surface area contributed by atoms with Gasteiger partial charge in [-0.1, -0.05) is 49.6 Å². The van der Waals surface area contributed by atoms with Crippen LogP contribution in [0, 0.1) is 6.92 Å². The molecule has 3 rings (SSSR count). The predicted octanol–water partition coefficient (Wildman–Crippen LogP) is 5.16. The van der Waals surface area contributed by atoms with Gasteiger partial charge >= 0.3 is 6.01 Å². The fraction of sp³-hybridized carbons (Fsp3) is 0.261. The summed E-state index contributed by atoms with van der Waals surface area (Å²) in [4.78, 5) is 20.6. The van der Waals surface area contributed by atoms with Gasteiger partial charge in [0.25, 0.3) is 5.91 Å². The molecule has 0 atom stereocenters. The fourth-order valence-corrected chi connectivity index (χ4v) is 2.72. The van der Waals surface area contributed by atoms with E-state index in [-0.39, 0.29) is 11.9 Å². The van der Waals surface area contributed by atoms with Crippen LogP contribution in [0.25, 0.3) is 11.1 Å². The smallest absolute Gasteiger partial charge is 0.321 e. The molecule has 28 heavy (non-hydrogen) atoms. The second kappa shape index (κ2) is 9.65. The van der Waals surface area contributed by atoms with E-state index < -0.39 is 0 Å². The van der Waals surface area contributed by atoms with Crippen molar-refractivity contribution in [2.24, 2.45) is 0 Å². The van der Waals surface area contributed by atoms with Crippen molar-refractivity contribution in [1.29, 1.82) is 0 Å². The molecule has 144 valence electrons. The molecule has 0 aliphatic carbocycles. The first-order valence-corrected chi connectivity index (χ1v) is 9.61. The van der Waals surface area contributed by atoms with Gasteiger partial charge in [0.2, 0.25) is 0 Å². The van der Waals surface area contributed by atoms with Crippen molar-refractivity contribution in [3.63, 3.8) is 0 Å². The lowest BCUT2D eigenvalue weighted by Crippen LogP contribution is -2.24. The summed E-state index contributed by atoms with van der Waals surface area (Å²) in [5.41, 5.74) is 3.82. The average molecular weight is 375 g/mol. The molecule has 0 saturated carbocycles. The van der Waals surface area contributed by atoms with Gasteiger partial charge in [0.05, 0.1) is 0 Å². The lowest BCUT2D eigenvalue weighted by atomic mass is 10.1. The lowest BCUT2D eigenvalue weighted by molar-refractivity contribution is 0.0953. The van der Waals surface area contributed by atoms with Crippen molar-refractivity contribution in [2.45, 2.75) is 33.1 Å². The molecule has 0 radical (unpaired) electrons. The Bertz CT molecular complexity index is 889. The third-order valence-electron chi connectivity index (χ3n) is 4.40. The van der Waals surface area contributed by atoms with Crippen LogP contribution in [-0.4, -0.2) is 22.4 Å². The summed E-state index contributed by atoms with van der Waals surface area (Å²) in [7, 11) is 0. The Morgan fingerprint density at radius 2 is 1.61 bits per heavy atom. The first-order chi connectivity index (χ1) is 13.7. The van der Waals surface area contributed by atoms with Crippen LogP contribution in [0.5, 0.6) is 11.8 Å². The third kappa shape index (κ3) is 5.39. The van der Waals surface area contributed by atoms with Gasteiger partial charge in [-0.25, -0.2) is 9.97 Å². The van der Waals surface area contributed by atoms with Crippen LogP contribution >= 0.6 is 0 Å². The summed E-state index contributed by atoms with van der Waals surface area (Å²) in [6.07, 6.45) is 6.74. The van der Waals surface area contributed by atoms with E-state index in [4.69, 9.17) is 4.74 Å². The minimum Gasteiger partial charge on any atom is -0.424 e. The number of benzene rings is 2. The van der Waals surface area contributed by atoms with Crippen molar-refractivity contribution in [3.8, 4) is 22.9 Å². The largest absolute Gasteiger partial charge is 0.424 e. The standard InChI is InChI=1S/C23H25N3O2/c1-3-4-5-14-24-22(27)19-10-12-21(13-11-19)28-23-25-15-20(16-26-23)18-8-6-17(2)7-9-18/h6-13,15-16H,3-5,14H2,1-2H3,(H,24,27). The number of nitrogens with one attached hydrogen (secondary N) is 1. The molecule has 5 heteroatoms. The zero-order valence-corrected chi connectivity index (χ0v) is 16.3. The van der Waals surface area contributed by atoms with Crippen molar-refractivity contribution in [2.75, 3.05) is 6.54 Å². The van der Waals surface area contributed by atoms with Crippen molar-refractivity contribution in [1.82, 2.24) is 15.3 Å². The summed E-state index contributed by atoms with van der Waals surface area (Å²) >= 11 is 0. The molecule has 0 unspecified atom stereocenters. The van der Waals surface area contributed by atoms with Crippen LogP contribution in [0.1, 0.15) is 42.1 Å². The number of carbonyl (C=O) groups is 1. The van der Waals surface area contributed by atoms with E-state index in [1.807, 2.05) is 12.1 Å². The molecule has 1 heterocycles. The summed E-state index contributed by atoms with van der Waals surface area (Å²) < 4.78 is 5.68. The van der Waals surface area contributed by atoms with Gasteiger partial charge in [0.1, 0.15) is 5.75 Å². The maximum atomic E-state index is 12.1. The van der Waals surface area contributed by atoms with Gasteiger partial charge in [-0.2, -0.15) is 0 Å². The number of carbonyl (C=O) groups excluding carboxylic acids is 1. The van der Waals surface area contributed by atoms with E-state index in [1.54, 1.807) is 36.7 Å². The molecule has 0 bridgehead atoms. The summed E-state index contributed by atoms with van der Waals surface area (Å²) in [6.45, 7) is 4.89. The third-order valence-corrected chi connectivity index (χ3v) is 4.40. The van der Waals surface area contributed by atoms with Gasteiger partial charge in [-0.15, -0.1) is 0 Å². The van der Waals surface area contributed by atoms with Crippen LogP contribution in [0.4, 0.5) is 0 Å². The summed E-state index contributed by atoms with van der Waals surface area (Å²) in [5.74, 6) is 0.520. The van der Waals surface area contributed by atoms with E-state index >= 15 is 0 Å². The first kappa shape index (κ1) is 19.5. The molecular formula is C23H25N3O2. The molecule has 1 N–H and O–H groups in total. The molecule has 2 aromatic carbocycles. The van der Waals surface area contributed by atoms with E-state index in [2.05, 4.69) is 41.3 Å². The summed E-state index contributed by atoms with van der Waals surface area (Å²) in [6, 6.07) is 15.4. The highest BCUT2D eigenvalue weighted by atomic mass is 16.5. The molecule has 0 aliphatic heterocycles. The molecule has 3 aromatic rings. The average Bonchev–Trinajstić information content (AvgIpc) is 2.73. The molecule has 0 spiro atoms. The number of unbranched alkanes of at least 4 members (excludes halogenated alkanes) is 2. The Balaban J connectivity index is 1.58. The Kier molecular flexibility index (Phi) is 6.73. The van der Waals surface area contributed by atoms with E-state index in [0.29, 0.717) is 17.9 Å². The minimum atomic E-state index is -0.0682. The molecule has 0 saturated heterocycles. The lowest BCUT2D eigenvalue weighted by Gasteiger charge is -2.07. The normalized spacial score (nSPS) is 10.5. The second-order valence-electron chi connectivity index (χ2n) is 6.71. The molecule has 1 amide bonds. The molecule has 0 fully saturated rings. The molecular weight excluding hydrogens is 350 g/mol. The SMILES string of the molecule is CCCCCNC(=O)c1ccc(Oc2ncc(-c3ccc(C)cc3)cn2)cc1. The zero-order chi connectivity index (χ0) is 19.8. The number of nitrogens with zero attached hydrogens (tertiary/aromatic N) is 2. The van der Waals surface area contributed by atoms with Gasteiger partial charge in [0.15, 0.2) is 0 Å². The van der Waals surface area contributed by atoms with Gasteiger partial charge in [0, 0.05) is 30.1 Å².